The van der Waals surface area contributed by atoms with Gasteiger partial charge in [0.2, 0.25) is 0 Å². The van der Waals surface area contributed by atoms with Gasteiger partial charge in [0, 0.05) is 19.8 Å². The van der Waals surface area contributed by atoms with Crippen LogP contribution in [0.1, 0.15) is 31.1 Å². The third-order valence-electron chi connectivity index (χ3n) is 3.93. The van der Waals surface area contributed by atoms with Crippen molar-refractivity contribution in [2.24, 2.45) is 0 Å². The molecule has 2 rings (SSSR count). The first-order valence-electron chi connectivity index (χ1n) is 7.54. The Bertz CT molecular complexity index is 554. The van der Waals surface area contributed by atoms with E-state index in [1.54, 1.807) is 21.3 Å². The summed E-state index contributed by atoms with van der Waals surface area (Å²) in [6.07, 6.45) is 4.26. The molecule has 0 bridgehead atoms. The van der Waals surface area contributed by atoms with Crippen LogP contribution in [0.3, 0.4) is 0 Å². The van der Waals surface area contributed by atoms with Crippen LogP contribution in [0.25, 0.3) is 0 Å². The number of hydrogen-bond donors (Lipinski definition) is 1. The average molecular weight is 387 g/mol. The molecule has 6 heteroatoms. The molecular formula is C17H23BrO5. The lowest BCUT2D eigenvalue weighted by Crippen LogP contribution is -2.24. The quantitative estimate of drug-likeness (QED) is 0.572. The van der Waals surface area contributed by atoms with Gasteiger partial charge in [0.15, 0.2) is 17.8 Å². The maximum Gasteiger partial charge on any atom is 0.184 e. The van der Waals surface area contributed by atoms with Crippen LogP contribution in [0.5, 0.6) is 11.5 Å². The van der Waals surface area contributed by atoms with Crippen molar-refractivity contribution in [1.29, 1.82) is 0 Å². The fraction of sp³-hybridized carbons (Fsp3) is 0.529. The van der Waals surface area contributed by atoms with Gasteiger partial charge in [-0.1, -0.05) is 6.08 Å². The van der Waals surface area contributed by atoms with Gasteiger partial charge in [-0.05, 0) is 52.9 Å². The predicted octanol–water partition coefficient (Wildman–Crippen LogP) is 3.60. The lowest BCUT2D eigenvalue weighted by atomic mass is 9.97. The zero-order valence-electron chi connectivity index (χ0n) is 13.7. The van der Waals surface area contributed by atoms with E-state index in [4.69, 9.17) is 18.9 Å². The molecule has 0 saturated heterocycles. The average Bonchev–Trinajstić information content (AvgIpc) is 2.59. The highest BCUT2D eigenvalue weighted by Gasteiger charge is 2.25. The summed E-state index contributed by atoms with van der Waals surface area (Å²) in [4.78, 5) is 0. The van der Waals surface area contributed by atoms with Crippen molar-refractivity contribution in [2.75, 3.05) is 27.9 Å². The smallest absolute Gasteiger partial charge is 0.184 e. The van der Waals surface area contributed by atoms with E-state index in [0.717, 1.165) is 34.9 Å². The van der Waals surface area contributed by atoms with Crippen LogP contribution in [-0.2, 0) is 9.47 Å². The highest BCUT2D eigenvalue weighted by atomic mass is 79.9. The molecule has 1 unspecified atom stereocenters. The van der Waals surface area contributed by atoms with Crippen LogP contribution in [0.4, 0.5) is 0 Å². The second-order valence-corrected chi connectivity index (χ2v) is 6.07. The Morgan fingerprint density at radius 1 is 1.26 bits per heavy atom. The fourth-order valence-corrected chi connectivity index (χ4v) is 3.32. The molecule has 1 aliphatic rings. The van der Waals surface area contributed by atoms with Crippen molar-refractivity contribution < 1.29 is 24.1 Å². The van der Waals surface area contributed by atoms with Gasteiger partial charge in [0.1, 0.15) is 6.10 Å². The molecule has 128 valence electrons. The molecule has 0 fully saturated rings. The maximum atomic E-state index is 9.52. The van der Waals surface area contributed by atoms with Crippen LogP contribution in [-0.4, -0.2) is 39.1 Å². The van der Waals surface area contributed by atoms with Crippen molar-refractivity contribution in [3.8, 4) is 11.5 Å². The first-order chi connectivity index (χ1) is 11.2. The first kappa shape index (κ1) is 18.3. The van der Waals surface area contributed by atoms with E-state index in [1.165, 1.54) is 0 Å². The lowest BCUT2D eigenvalue weighted by molar-refractivity contribution is -0.106. The third kappa shape index (κ3) is 4.07. The molecule has 0 spiro atoms. The lowest BCUT2D eigenvalue weighted by Gasteiger charge is -2.27. The number of aliphatic hydroxyl groups is 1. The van der Waals surface area contributed by atoms with Crippen molar-refractivity contribution in [3.63, 3.8) is 0 Å². The van der Waals surface area contributed by atoms with Gasteiger partial charge in [0.25, 0.3) is 0 Å². The molecule has 0 amide bonds. The second kappa shape index (κ2) is 8.68. The zero-order chi connectivity index (χ0) is 16.8. The number of allylic oxidation sites excluding steroid dienone is 1. The summed E-state index contributed by atoms with van der Waals surface area (Å²) in [5, 5.41) is 9.52. The zero-order valence-corrected chi connectivity index (χ0v) is 15.3. The van der Waals surface area contributed by atoms with Gasteiger partial charge in [0.05, 0.1) is 18.2 Å². The molecule has 0 aliphatic heterocycles. The number of methoxy groups -OCH3 is 3. The highest BCUT2D eigenvalue weighted by molar-refractivity contribution is 9.10. The van der Waals surface area contributed by atoms with Crippen molar-refractivity contribution >= 4 is 15.9 Å². The normalized spacial score (nSPS) is 18.0. The number of hydrogen-bond acceptors (Lipinski definition) is 5. The molecule has 0 saturated carbocycles. The van der Waals surface area contributed by atoms with Crippen LogP contribution in [0.15, 0.2) is 28.3 Å². The Morgan fingerprint density at radius 2 is 2.00 bits per heavy atom. The molecule has 1 aromatic rings. The fourth-order valence-electron chi connectivity index (χ4n) is 2.71. The van der Waals surface area contributed by atoms with E-state index in [0.29, 0.717) is 11.5 Å². The van der Waals surface area contributed by atoms with Crippen LogP contribution in [0, 0.1) is 0 Å². The first-order valence-corrected chi connectivity index (χ1v) is 8.34. The van der Waals surface area contributed by atoms with Gasteiger partial charge in [-0.15, -0.1) is 0 Å². The molecule has 1 aliphatic carbocycles. The van der Waals surface area contributed by atoms with E-state index >= 15 is 0 Å². The predicted molar refractivity (Wildman–Crippen MR) is 90.9 cm³/mol. The molecule has 23 heavy (non-hydrogen) atoms. The minimum Gasteiger partial charge on any atom is -0.493 e. The van der Waals surface area contributed by atoms with Crippen LogP contribution < -0.4 is 9.47 Å². The largest absolute Gasteiger partial charge is 0.493 e. The van der Waals surface area contributed by atoms with Crippen LogP contribution >= 0.6 is 15.9 Å². The Hall–Kier alpha value is -1.08. The second-order valence-electron chi connectivity index (χ2n) is 5.28. The monoisotopic (exact) mass is 386 g/mol. The molecule has 5 nitrogen and oxygen atoms in total. The van der Waals surface area contributed by atoms with Crippen LogP contribution in [0.2, 0.25) is 0 Å². The molecule has 0 heterocycles. The molecule has 1 atom stereocenters. The maximum absolute atomic E-state index is 9.52. The standard InChI is InChI=1S/C17H23BrO5/c1-20-14-9-8-12(17(21-2)22-3)15(18)16(14)23-13-7-5-4-6-11(13)10-19/h6,8-9,13,17,19H,4-5,7,10H2,1-3H3. The summed E-state index contributed by atoms with van der Waals surface area (Å²) >= 11 is 3.58. The Labute approximate surface area is 145 Å². The summed E-state index contributed by atoms with van der Waals surface area (Å²) in [5.74, 6) is 1.21. The molecule has 0 radical (unpaired) electrons. The number of rotatable bonds is 7. The van der Waals surface area contributed by atoms with Gasteiger partial charge in [-0.3, -0.25) is 0 Å². The van der Waals surface area contributed by atoms with Crippen molar-refractivity contribution in [2.45, 2.75) is 31.7 Å². The minimum absolute atomic E-state index is 0.00303. The molecule has 1 N–H and O–H groups in total. The number of ether oxygens (including phenoxy) is 4. The van der Waals surface area contributed by atoms with Crippen molar-refractivity contribution in [1.82, 2.24) is 0 Å². The molecule has 1 aromatic carbocycles. The third-order valence-corrected chi connectivity index (χ3v) is 4.74. The Morgan fingerprint density at radius 3 is 2.61 bits per heavy atom. The van der Waals surface area contributed by atoms with E-state index in [1.807, 2.05) is 18.2 Å². The summed E-state index contributed by atoms with van der Waals surface area (Å²) in [6, 6.07) is 3.70. The van der Waals surface area contributed by atoms with E-state index < -0.39 is 6.29 Å². The SMILES string of the molecule is COc1ccc(C(OC)OC)c(Br)c1OC1CCCC=C1CO. The van der Waals surface area contributed by atoms with Gasteiger partial charge >= 0.3 is 0 Å². The van der Waals surface area contributed by atoms with Crippen molar-refractivity contribution in [3.05, 3.63) is 33.8 Å². The van der Waals surface area contributed by atoms with Gasteiger partial charge in [-0.25, -0.2) is 0 Å². The summed E-state index contributed by atoms with van der Waals surface area (Å²) in [5.41, 5.74) is 1.72. The van der Waals surface area contributed by atoms with E-state index in [-0.39, 0.29) is 12.7 Å². The summed E-state index contributed by atoms with van der Waals surface area (Å²) in [6.45, 7) is 0.00303. The Balaban J connectivity index is 2.37. The molecular weight excluding hydrogens is 364 g/mol. The summed E-state index contributed by atoms with van der Waals surface area (Å²) < 4.78 is 23.0. The van der Waals surface area contributed by atoms with Gasteiger partial charge in [-0.2, -0.15) is 0 Å². The topological polar surface area (TPSA) is 57.2 Å². The Kier molecular flexibility index (Phi) is 6.89. The number of benzene rings is 1. The van der Waals surface area contributed by atoms with Gasteiger partial charge < -0.3 is 24.1 Å². The minimum atomic E-state index is -0.503. The molecule has 0 aromatic heterocycles. The summed E-state index contributed by atoms with van der Waals surface area (Å²) in [7, 11) is 4.76. The number of aliphatic hydroxyl groups excluding tert-OH is 1. The highest BCUT2D eigenvalue weighted by Crippen LogP contribution is 2.42. The number of halogens is 1. The van der Waals surface area contributed by atoms with E-state index in [9.17, 15) is 5.11 Å². The van der Waals surface area contributed by atoms with E-state index in [2.05, 4.69) is 15.9 Å².